The van der Waals surface area contributed by atoms with Crippen LogP contribution < -0.4 is 5.32 Å². The molecular weight excluding hydrogens is 164 g/mol. The van der Waals surface area contributed by atoms with Gasteiger partial charge in [0, 0.05) is 18.9 Å². The third-order valence-corrected chi connectivity index (χ3v) is 2.46. The molecule has 1 amide bonds. The second kappa shape index (κ2) is 2.62. The monoisotopic (exact) mass is 178 g/mol. The predicted molar refractivity (Wildman–Crippen MR) is 50.5 cm³/mol. The van der Waals surface area contributed by atoms with Crippen LogP contribution >= 0.6 is 0 Å². The molecule has 0 aromatic rings. The van der Waals surface area contributed by atoms with Crippen molar-refractivity contribution in [2.75, 3.05) is 6.54 Å². The minimum Gasteiger partial charge on any atom is -0.342 e. The van der Waals surface area contributed by atoms with Gasteiger partial charge in [0.05, 0.1) is 0 Å². The van der Waals surface area contributed by atoms with Crippen LogP contribution in [0, 0.1) is 5.41 Å². The van der Waals surface area contributed by atoms with Crippen LogP contribution in [0.1, 0.15) is 20.3 Å². The average molecular weight is 178 g/mol. The SMILES string of the molecule is CC1(C)CC=C2C(=O)NC=CN2C1. The molecule has 13 heavy (non-hydrogen) atoms. The Morgan fingerprint density at radius 2 is 2.31 bits per heavy atom. The van der Waals surface area contributed by atoms with E-state index < -0.39 is 0 Å². The van der Waals surface area contributed by atoms with E-state index in [0.29, 0.717) is 0 Å². The fraction of sp³-hybridized carbons (Fsp3) is 0.500. The zero-order valence-corrected chi connectivity index (χ0v) is 8.00. The first kappa shape index (κ1) is 8.35. The number of rotatable bonds is 0. The number of carbonyl (C=O) groups excluding carboxylic acids is 1. The molecule has 3 nitrogen and oxygen atoms in total. The number of hydrogen-bond donors (Lipinski definition) is 1. The maximum absolute atomic E-state index is 11.4. The van der Waals surface area contributed by atoms with E-state index in [4.69, 9.17) is 0 Å². The molecule has 0 bridgehead atoms. The van der Waals surface area contributed by atoms with Crippen molar-refractivity contribution in [2.24, 2.45) is 5.41 Å². The average Bonchev–Trinajstić information content (AvgIpc) is 2.02. The molecule has 2 heterocycles. The lowest BCUT2D eigenvalue weighted by molar-refractivity contribution is -0.118. The Balaban J connectivity index is 2.30. The third-order valence-electron chi connectivity index (χ3n) is 2.46. The Kier molecular flexibility index (Phi) is 1.68. The van der Waals surface area contributed by atoms with Crippen molar-refractivity contribution in [3.8, 4) is 0 Å². The van der Waals surface area contributed by atoms with Crippen LogP contribution in [0.4, 0.5) is 0 Å². The molecule has 0 saturated heterocycles. The van der Waals surface area contributed by atoms with Gasteiger partial charge in [-0.2, -0.15) is 0 Å². The zero-order valence-electron chi connectivity index (χ0n) is 8.00. The van der Waals surface area contributed by atoms with Crippen LogP contribution in [0.25, 0.3) is 0 Å². The van der Waals surface area contributed by atoms with Crippen LogP contribution in [0.5, 0.6) is 0 Å². The van der Waals surface area contributed by atoms with Gasteiger partial charge in [0.15, 0.2) is 0 Å². The standard InChI is InChI=1S/C10H14N2O/c1-10(2)4-3-8-9(13)11-5-6-12(8)7-10/h3,5-6H,4,7H2,1-2H3,(H,11,13). The number of amides is 1. The first-order valence-corrected chi connectivity index (χ1v) is 4.53. The molecule has 0 atom stereocenters. The first-order chi connectivity index (χ1) is 6.08. The Labute approximate surface area is 78.1 Å². The molecule has 0 saturated carbocycles. The van der Waals surface area contributed by atoms with Gasteiger partial charge in [-0.3, -0.25) is 4.79 Å². The highest BCUT2D eigenvalue weighted by Gasteiger charge is 2.30. The van der Waals surface area contributed by atoms with Crippen molar-refractivity contribution < 1.29 is 4.79 Å². The van der Waals surface area contributed by atoms with Crippen molar-refractivity contribution in [3.63, 3.8) is 0 Å². The molecule has 0 spiro atoms. The summed E-state index contributed by atoms with van der Waals surface area (Å²) in [7, 11) is 0. The molecule has 0 fully saturated rings. The molecule has 2 aliphatic heterocycles. The van der Waals surface area contributed by atoms with Crippen LogP contribution in [0.15, 0.2) is 24.2 Å². The molecule has 2 rings (SSSR count). The minimum atomic E-state index is 0.0120. The van der Waals surface area contributed by atoms with Crippen LogP contribution in [-0.2, 0) is 4.79 Å². The quantitative estimate of drug-likeness (QED) is 0.604. The summed E-state index contributed by atoms with van der Waals surface area (Å²) in [5.41, 5.74) is 1.06. The molecule has 0 radical (unpaired) electrons. The largest absolute Gasteiger partial charge is 0.342 e. The summed E-state index contributed by atoms with van der Waals surface area (Å²) < 4.78 is 0. The summed E-state index contributed by atoms with van der Waals surface area (Å²) in [6.45, 7) is 5.34. The predicted octanol–water partition coefficient (Wildman–Crippen LogP) is 1.20. The minimum absolute atomic E-state index is 0.0120. The smallest absolute Gasteiger partial charge is 0.271 e. The van der Waals surface area contributed by atoms with Crippen LogP contribution in [0.2, 0.25) is 0 Å². The summed E-state index contributed by atoms with van der Waals surface area (Å²) in [4.78, 5) is 13.4. The second-order valence-electron chi connectivity index (χ2n) is 4.37. The molecular formula is C10H14N2O. The molecule has 2 aliphatic rings. The lowest BCUT2D eigenvalue weighted by atomic mass is 9.85. The lowest BCUT2D eigenvalue weighted by Crippen LogP contribution is -2.42. The molecule has 0 aliphatic carbocycles. The molecule has 0 unspecified atom stereocenters. The maximum Gasteiger partial charge on any atom is 0.271 e. The Hall–Kier alpha value is -1.25. The van der Waals surface area contributed by atoms with Crippen LogP contribution in [-0.4, -0.2) is 17.4 Å². The van der Waals surface area contributed by atoms with Gasteiger partial charge in [-0.25, -0.2) is 0 Å². The highest BCUT2D eigenvalue weighted by molar-refractivity contribution is 5.94. The summed E-state index contributed by atoms with van der Waals surface area (Å²) in [6.07, 6.45) is 6.61. The van der Waals surface area contributed by atoms with Gasteiger partial charge in [-0.15, -0.1) is 0 Å². The molecule has 0 aromatic carbocycles. The fourth-order valence-corrected chi connectivity index (χ4v) is 1.73. The Morgan fingerprint density at radius 3 is 3.08 bits per heavy atom. The molecule has 70 valence electrons. The van der Waals surface area contributed by atoms with Gasteiger partial charge in [0.1, 0.15) is 5.70 Å². The lowest BCUT2D eigenvalue weighted by Gasteiger charge is -2.38. The number of allylic oxidation sites excluding steroid dienone is 1. The van der Waals surface area contributed by atoms with E-state index in [1.807, 2.05) is 17.2 Å². The van der Waals surface area contributed by atoms with E-state index in [0.717, 1.165) is 18.7 Å². The van der Waals surface area contributed by atoms with E-state index >= 15 is 0 Å². The van der Waals surface area contributed by atoms with E-state index in [1.165, 1.54) is 0 Å². The number of hydrogen-bond acceptors (Lipinski definition) is 2. The van der Waals surface area contributed by atoms with Crippen molar-refractivity contribution >= 4 is 5.91 Å². The Bertz CT molecular complexity index is 302. The maximum atomic E-state index is 11.4. The summed E-state index contributed by atoms with van der Waals surface area (Å²) in [6, 6.07) is 0. The fourth-order valence-electron chi connectivity index (χ4n) is 1.73. The Morgan fingerprint density at radius 1 is 1.54 bits per heavy atom. The third kappa shape index (κ3) is 1.46. The normalized spacial score (nSPS) is 24.9. The highest BCUT2D eigenvalue weighted by Crippen LogP contribution is 2.30. The second-order valence-corrected chi connectivity index (χ2v) is 4.37. The van der Waals surface area contributed by atoms with Crippen molar-refractivity contribution in [1.29, 1.82) is 0 Å². The van der Waals surface area contributed by atoms with Gasteiger partial charge in [0.25, 0.3) is 5.91 Å². The van der Waals surface area contributed by atoms with E-state index in [-0.39, 0.29) is 11.3 Å². The number of nitrogens with one attached hydrogen (secondary N) is 1. The molecule has 3 heteroatoms. The highest BCUT2D eigenvalue weighted by atomic mass is 16.2. The van der Waals surface area contributed by atoms with Gasteiger partial charge in [-0.05, 0) is 11.8 Å². The van der Waals surface area contributed by atoms with Crippen molar-refractivity contribution in [3.05, 3.63) is 24.2 Å². The van der Waals surface area contributed by atoms with E-state index in [2.05, 4.69) is 19.2 Å². The zero-order chi connectivity index (χ0) is 9.47. The van der Waals surface area contributed by atoms with Crippen molar-refractivity contribution in [1.82, 2.24) is 10.2 Å². The van der Waals surface area contributed by atoms with Crippen LogP contribution in [0.3, 0.4) is 0 Å². The summed E-state index contributed by atoms with van der Waals surface area (Å²) in [5.74, 6) is 0.0120. The number of carbonyl (C=O) groups is 1. The van der Waals surface area contributed by atoms with Gasteiger partial charge in [0.2, 0.25) is 0 Å². The number of fused-ring (bicyclic) bond motifs is 1. The summed E-state index contributed by atoms with van der Waals surface area (Å²) in [5, 5.41) is 2.68. The van der Waals surface area contributed by atoms with E-state index in [1.54, 1.807) is 6.20 Å². The topological polar surface area (TPSA) is 32.3 Å². The molecule has 0 aromatic heterocycles. The van der Waals surface area contributed by atoms with Crippen molar-refractivity contribution in [2.45, 2.75) is 20.3 Å². The summed E-state index contributed by atoms with van der Waals surface area (Å²) >= 11 is 0. The van der Waals surface area contributed by atoms with Gasteiger partial charge < -0.3 is 10.2 Å². The van der Waals surface area contributed by atoms with Gasteiger partial charge >= 0.3 is 0 Å². The van der Waals surface area contributed by atoms with Gasteiger partial charge in [-0.1, -0.05) is 19.9 Å². The van der Waals surface area contributed by atoms with E-state index in [9.17, 15) is 4.79 Å². The number of nitrogens with zero attached hydrogens (tertiary/aromatic N) is 1. The first-order valence-electron chi connectivity index (χ1n) is 4.53. The molecule has 1 N–H and O–H groups in total.